The molecule has 2 atom stereocenters. The van der Waals surface area contributed by atoms with E-state index in [1.54, 1.807) is 23.1 Å². The number of amides is 2. The number of carbonyl (C=O) groups excluding carboxylic acids is 2. The predicted octanol–water partition coefficient (Wildman–Crippen LogP) is 2.65. The van der Waals surface area contributed by atoms with E-state index in [0.29, 0.717) is 42.7 Å². The van der Waals surface area contributed by atoms with Gasteiger partial charge in [0.15, 0.2) is 12.0 Å². The van der Waals surface area contributed by atoms with Crippen molar-refractivity contribution in [3.63, 3.8) is 0 Å². The molecule has 2 aromatic carbocycles. The molecule has 14 heteroatoms. The van der Waals surface area contributed by atoms with Crippen molar-refractivity contribution in [2.24, 2.45) is 20.7 Å². The van der Waals surface area contributed by atoms with Crippen molar-refractivity contribution < 1.29 is 23.5 Å². The number of nitrogens with zero attached hydrogens (tertiary/aromatic N) is 8. The number of amidine groups is 1. The summed E-state index contributed by atoms with van der Waals surface area (Å²) in [5.74, 6) is 0.856. The molecular formula is C35H46FN9O4. The van der Waals surface area contributed by atoms with E-state index in [0.717, 1.165) is 64.5 Å². The molecule has 2 aromatic rings. The Morgan fingerprint density at radius 2 is 1.84 bits per heavy atom. The first kappa shape index (κ1) is 37.1. The van der Waals surface area contributed by atoms with Gasteiger partial charge in [-0.1, -0.05) is 0 Å². The Hall–Kier alpha value is -4.71. The van der Waals surface area contributed by atoms with Gasteiger partial charge < -0.3 is 29.9 Å². The molecule has 4 aliphatic heterocycles. The molecule has 0 aliphatic carbocycles. The highest BCUT2D eigenvalue weighted by atomic mass is 19.1. The Labute approximate surface area is 287 Å². The van der Waals surface area contributed by atoms with Crippen LogP contribution in [0.25, 0.3) is 0 Å². The summed E-state index contributed by atoms with van der Waals surface area (Å²) in [5.41, 5.74) is 7.21. The smallest absolute Gasteiger partial charge is 0.222 e. The lowest BCUT2D eigenvalue weighted by atomic mass is 10.1. The van der Waals surface area contributed by atoms with Crippen LogP contribution < -0.4 is 15.4 Å². The first-order chi connectivity index (χ1) is 23.9. The molecule has 0 saturated carbocycles. The lowest BCUT2D eigenvalue weighted by molar-refractivity contribution is -0.126. The largest absolute Gasteiger partial charge is 0.486 e. The average Bonchev–Trinajstić information content (AvgIpc) is 3.50. The molecule has 0 unspecified atom stereocenters. The minimum Gasteiger partial charge on any atom is -0.486 e. The van der Waals surface area contributed by atoms with Crippen LogP contribution in [0.15, 0.2) is 57.4 Å². The number of hydrogen-bond donors (Lipinski definition) is 1. The quantitative estimate of drug-likeness (QED) is 0.255. The number of nitrogens with two attached hydrogens (primary N) is 1. The van der Waals surface area contributed by atoms with Crippen LogP contribution in [0.3, 0.4) is 0 Å². The van der Waals surface area contributed by atoms with Crippen LogP contribution in [-0.2, 0) is 14.3 Å². The van der Waals surface area contributed by atoms with Crippen LogP contribution in [0.5, 0.6) is 5.75 Å². The molecule has 4 fully saturated rings. The van der Waals surface area contributed by atoms with Gasteiger partial charge in [0.1, 0.15) is 24.3 Å². The topological polar surface area (TPSA) is 152 Å². The van der Waals surface area contributed by atoms with Gasteiger partial charge in [0.2, 0.25) is 12.3 Å². The summed E-state index contributed by atoms with van der Waals surface area (Å²) in [5, 5.41) is 9.66. The summed E-state index contributed by atoms with van der Waals surface area (Å²) >= 11 is 0. The van der Waals surface area contributed by atoms with Crippen LogP contribution in [0, 0.1) is 11.3 Å². The standard InChI is InChI=1S/C29H32FN7O3.C5H9NO.CH5N/c1-32-29(21-2-7-27(22(14-21)15-31)40-28-8-9-35(20-38)16-26(28)30)34-19-33-23-3-5-24(6-4-23)36-10-12-37(13-11-36)25-17-39-18-25;1-6-4-2-3-5(6)7;1-2/h2-7,14,19-20,25-26,28H,1,8-13,16-18H2;2-4H2,1H3;2H2,1H3/t26-,28+;;/m1../s1. The number of anilines is 1. The molecule has 4 heterocycles. The maximum Gasteiger partial charge on any atom is 0.222 e. The molecule has 4 aliphatic rings. The summed E-state index contributed by atoms with van der Waals surface area (Å²) in [7, 11) is 3.34. The van der Waals surface area contributed by atoms with Crippen molar-refractivity contribution in [3.05, 3.63) is 53.6 Å². The van der Waals surface area contributed by atoms with Gasteiger partial charge in [-0.25, -0.2) is 19.4 Å². The number of carbonyl (C=O) groups is 2. The molecule has 4 saturated heterocycles. The summed E-state index contributed by atoms with van der Waals surface area (Å²) in [6, 6.07) is 15.6. The van der Waals surface area contributed by atoms with E-state index in [4.69, 9.17) is 9.47 Å². The van der Waals surface area contributed by atoms with Gasteiger partial charge in [-0.05, 0) is 62.7 Å². The van der Waals surface area contributed by atoms with Gasteiger partial charge in [-0.3, -0.25) is 14.5 Å². The van der Waals surface area contributed by atoms with Gasteiger partial charge in [0, 0.05) is 70.4 Å². The van der Waals surface area contributed by atoms with Crippen molar-refractivity contribution >= 4 is 42.6 Å². The average molecular weight is 676 g/mol. The molecule has 262 valence electrons. The third-order valence-corrected chi connectivity index (χ3v) is 8.81. The van der Waals surface area contributed by atoms with Crippen LogP contribution in [0.1, 0.15) is 30.4 Å². The Kier molecular flexibility index (Phi) is 14.2. The zero-order chi connectivity index (χ0) is 35.2. The third kappa shape index (κ3) is 10.1. The molecule has 0 aromatic heterocycles. The number of benzene rings is 2. The van der Waals surface area contributed by atoms with Gasteiger partial charge in [0.05, 0.1) is 37.1 Å². The molecule has 0 spiro atoms. The highest BCUT2D eigenvalue weighted by Gasteiger charge is 2.31. The van der Waals surface area contributed by atoms with E-state index < -0.39 is 12.3 Å². The normalized spacial score (nSPS) is 21.6. The minimum atomic E-state index is -1.33. The molecule has 2 N–H and O–H groups in total. The van der Waals surface area contributed by atoms with Crippen LogP contribution in [-0.4, -0.2) is 137 Å². The third-order valence-electron chi connectivity index (χ3n) is 8.81. The number of ether oxygens (including phenoxy) is 2. The molecule has 13 nitrogen and oxygen atoms in total. The zero-order valence-corrected chi connectivity index (χ0v) is 28.3. The second kappa shape index (κ2) is 18.7. The molecule has 2 amide bonds. The summed E-state index contributed by atoms with van der Waals surface area (Å²) in [4.78, 5) is 42.2. The van der Waals surface area contributed by atoms with Crippen molar-refractivity contribution in [1.82, 2.24) is 14.7 Å². The minimum absolute atomic E-state index is 0.0268. The van der Waals surface area contributed by atoms with Crippen LogP contribution in [0.4, 0.5) is 15.8 Å². The fraction of sp³-hybridized carbons (Fsp3) is 0.486. The number of nitriles is 1. The van der Waals surface area contributed by atoms with Gasteiger partial charge in [0.25, 0.3) is 0 Å². The Morgan fingerprint density at radius 3 is 2.37 bits per heavy atom. The van der Waals surface area contributed by atoms with Crippen molar-refractivity contribution in [3.8, 4) is 11.8 Å². The number of halogens is 1. The highest BCUT2D eigenvalue weighted by Crippen LogP contribution is 2.26. The SMILES string of the molecule is C=NC(=NC=Nc1ccc(N2CCN(C3COC3)CC2)cc1)c1ccc(O[C@H]2CCN(C=O)C[C@H]2F)c(C#N)c1.CN.CN1CCCC1=O. The first-order valence-corrected chi connectivity index (χ1v) is 16.5. The first-order valence-electron chi connectivity index (χ1n) is 16.5. The van der Waals surface area contributed by atoms with E-state index in [2.05, 4.69) is 55.4 Å². The zero-order valence-electron chi connectivity index (χ0n) is 28.3. The lowest BCUT2D eigenvalue weighted by Gasteiger charge is -2.43. The fourth-order valence-corrected chi connectivity index (χ4v) is 5.83. The number of piperidine rings is 1. The summed E-state index contributed by atoms with van der Waals surface area (Å²) in [6.45, 7) is 10.7. The Balaban J connectivity index is 0.000000528. The summed E-state index contributed by atoms with van der Waals surface area (Å²) < 4.78 is 25.6. The predicted molar refractivity (Wildman–Crippen MR) is 189 cm³/mol. The molecular weight excluding hydrogens is 629 g/mol. The number of rotatable bonds is 8. The number of alkyl halides is 1. The van der Waals surface area contributed by atoms with Crippen molar-refractivity contribution in [1.29, 1.82) is 5.26 Å². The van der Waals surface area contributed by atoms with Gasteiger partial charge in [-0.2, -0.15) is 5.26 Å². The second-order valence-electron chi connectivity index (χ2n) is 11.9. The number of piperazine rings is 1. The van der Waals surface area contributed by atoms with Gasteiger partial charge in [-0.15, -0.1) is 0 Å². The molecule has 0 bridgehead atoms. The maximum atomic E-state index is 14.4. The number of likely N-dealkylation sites (tertiary alicyclic amines) is 2. The number of aliphatic imine (C=N–C) groups is 3. The van der Waals surface area contributed by atoms with Crippen molar-refractivity contribution in [2.45, 2.75) is 37.6 Å². The van der Waals surface area contributed by atoms with Crippen LogP contribution in [0.2, 0.25) is 0 Å². The number of hydrogen-bond acceptors (Lipinski definition) is 9. The Bertz CT molecular complexity index is 1500. The monoisotopic (exact) mass is 675 g/mol. The molecule has 6 rings (SSSR count). The van der Waals surface area contributed by atoms with Crippen molar-refractivity contribution in [2.75, 3.05) is 78.0 Å². The molecule has 49 heavy (non-hydrogen) atoms. The maximum absolute atomic E-state index is 14.4. The highest BCUT2D eigenvalue weighted by molar-refractivity contribution is 6.05. The summed E-state index contributed by atoms with van der Waals surface area (Å²) in [6.07, 6.45) is 2.13. The van der Waals surface area contributed by atoms with E-state index in [-0.39, 0.29) is 17.9 Å². The van der Waals surface area contributed by atoms with E-state index in [1.807, 2.05) is 19.2 Å². The van der Waals surface area contributed by atoms with E-state index in [9.17, 15) is 19.2 Å². The second-order valence-corrected chi connectivity index (χ2v) is 11.9. The fourth-order valence-electron chi connectivity index (χ4n) is 5.83. The van der Waals surface area contributed by atoms with E-state index >= 15 is 0 Å². The molecule has 0 radical (unpaired) electrons. The van der Waals surface area contributed by atoms with Gasteiger partial charge >= 0.3 is 0 Å². The van der Waals surface area contributed by atoms with Crippen LogP contribution >= 0.6 is 0 Å². The Morgan fingerprint density at radius 1 is 1.10 bits per heavy atom. The van der Waals surface area contributed by atoms with E-state index in [1.165, 1.54) is 24.0 Å². The lowest BCUT2D eigenvalue weighted by Crippen LogP contribution is -2.56.